The number of benzene rings is 1. The van der Waals surface area contributed by atoms with Gasteiger partial charge in [-0.15, -0.1) is 0 Å². The van der Waals surface area contributed by atoms with Crippen LogP contribution < -0.4 is 5.32 Å². The van der Waals surface area contributed by atoms with Crippen LogP contribution in [0.1, 0.15) is 45.4 Å². The van der Waals surface area contributed by atoms with Gasteiger partial charge in [0.05, 0.1) is 6.61 Å². The number of rotatable bonds is 8. The number of carbonyl (C=O) groups excluding carboxylic acids is 1. The molecule has 1 rings (SSSR count). The van der Waals surface area contributed by atoms with Gasteiger partial charge in [-0.25, -0.2) is 4.79 Å². The molecular weight excluding hydrogens is 262 g/mol. The molecule has 106 valence electrons. The molecule has 0 fully saturated rings. The van der Waals surface area contributed by atoms with Crippen molar-refractivity contribution in [2.24, 2.45) is 0 Å². The molecule has 0 saturated carbocycles. The number of hydrogen-bond donors (Lipinski definition) is 1. The van der Waals surface area contributed by atoms with Crippen LogP contribution in [-0.2, 0) is 4.74 Å². The molecule has 0 bridgehead atoms. The Labute approximate surface area is 120 Å². The van der Waals surface area contributed by atoms with Gasteiger partial charge < -0.3 is 4.74 Å². The van der Waals surface area contributed by atoms with Crippen LogP contribution >= 0.6 is 11.6 Å². The van der Waals surface area contributed by atoms with Crippen molar-refractivity contribution in [1.29, 1.82) is 0 Å². The lowest BCUT2D eigenvalue weighted by molar-refractivity contribution is 0.159. The van der Waals surface area contributed by atoms with Crippen molar-refractivity contribution in [1.82, 2.24) is 0 Å². The maximum atomic E-state index is 11.5. The second-order valence-corrected chi connectivity index (χ2v) is 4.98. The molecule has 0 heterocycles. The van der Waals surface area contributed by atoms with Crippen LogP contribution in [0.5, 0.6) is 0 Å². The fraction of sp³-hybridized carbons (Fsp3) is 0.533. The van der Waals surface area contributed by atoms with Crippen LogP contribution in [0.3, 0.4) is 0 Å². The number of halogens is 1. The van der Waals surface area contributed by atoms with Crippen molar-refractivity contribution in [3.05, 3.63) is 29.3 Å². The van der Waals surface area contributed by atoms with E-state index in [2.05, 4.69) is 12.2 Å². The Hall–Kier alpha value is -1.22. The number of anilines is 1. The van der Waals surface area contributed by atoms with Crippen molar-refractivity contribution < 1.29 is 9.53 Å². The molecule has 4 heteroatoms. The van der Waals surface area contributed by atoms with E-state index in [1.54, 1.807) is 24.3 Å². The number of amides is 1. The van der Waals surface area contributed by atoms with Gasteiger partial charge in [-0.3, -0.25) is 5.32 Å². The molecule has 0 spiro atoms. The largest absolute Gasteiger partial charge is 0.449 e. The van der Waals surface area contributed by atoms with Gasteiger partial charge in [0.1, 0.15) is 0 Å². The number of nitrogens with one attached hydrogen (secondary N) is 1. The van der Waals surface area contributed by atoms with Gasteiger partial charge in [-0.1, -0.05) is 56.7 Å². The Morgan fingerprint density at radius 3 is 2.68 bits per heavy atom. The SMILES string of the molecule is CCCCCCCCOC(=O)Nc1cccc(Cl)c1. The minimum Gasteiger partial charge on any atom is -0.449 e. The average Bonchev–Trinajstić information content (AvgIpc) is 2.37. The van der Waals surface area contributed by atoms with Crippen LogP contribution in [0.15, 0.2) is 24.3 Å². The molecule has 0 atom stereocenters. The van der Waals surface area contributed by atoms with Crippen LogP contribution in [0, 0.1) is 0 Å². The summed E-state index contributed by atoms with van der Waals surface area (Å²) in [6.07, 6.45) is 6.64. The van der Waals surface area contributed by atoms with Gasteiger partial charge in [0, 0.05) is 10.7 Å². The number of unbranched alkanes of at least 4 members (excludes halogenated alkanes) is 5. The highest BCUT2D eigenvalue weighted by Crippen LogP contribution is 2.15. The molecule has 0 saturated heterocycles. The van der Waals surface area contributed by atoms with Crippen molar-refractivity contribution >= 4 is 23.4 Å². The Morgan fingerprint density at radius 1 is 1.21 bits per heavy atom. The summed E-state index contributed by atoms with van der Waals surface area (Å²) in [5.74, 6) is 0. The number of hydrogen-bond acceptors (Lipinski definition) is 2. The lowest BCUT2D eigenvalue weighted by atomic mass is 10.1. The third-order valence-electron chi connectivity index (χ3n) is 2.80. The number of ether oxygens (including phenoxy) is 1. The van der Waals surface area contributed by atoms with E-state index in [0.717, 1.165) is 12.8 Å². The van der Waals surface area contributed by atoms with Gasteiger partial charge in [-0.2, -0.15) is 0 Å². The second kappa shape index (κ2) is 9.68. The molecule has 0 unspecified atom stereocenters. The maximum absolute atomic E-state index is 11.5. The fourth-order valence-electron chi connectivity index (χ4n) is 1.77. The molecule has 0 aliphatic heterocycles. The van der Waals surface area contributed by atoms with Gasteiger partial charge in [0.15, 0.2) is 0 Å². The van der Waals surface area contributed by atoms with E-state index in [-0.39, 0.29) is 0 Å². The first-order valence-electron chi connectivity index (χ1n) is 6.91. The van der Waals surface area contributed by atoms with E-state index in [1.165, 1.54) is 25.7 Å². The first-order valence-corrected chi connectivity index (χ1v) is 7.29. The quantitative estimate of drug-likeness (QED) is 0.662. The summed E-state index contributed by atoms with van der Waals surface area (Å²) in [5, 5.41) is 3.24. The smallest absolute Gasteiger partial charge is 0.411 e. The Kier molecular flexibility index (Phi) is 8.07. The summed E-state index contributed by atoms with van der Waals surface area (Å²) in [7, 11) is 0. The zero-order chi connectivity index (χ0) is 13.9. The monoisotopic (exact) mass is 283 g/mol. The lowest BCUT2D eigenvalue weighted by Gasteiger charge is -2.07. The summed E-state index contributed by atoms with van der Waals surface area (Å²) in [6.45, 7) is 2.67. The van der Waals surface area contributed by atoms with Crippen LogP contribution in [0.2, 0.25) is 5.02 Å². The third-order valence-corrected chi connectivity index (χ3v) is 3.04. The molecule has 19 heavy (non-hydrogen) atoms. The normalized spacial score (nSPS) is 10.2. The Balaban J connectivity index is 2.08. The maximum Gasteiger partial charge on any atom is 0.411 e. The summed E-state index contributed by atoms with van der Waals surface area (Å²) >= 11 is 5.82. The Morgan fingerprint density at radius 2 is 1.95 bits per heavy atom. The van der Waals surface area contributed by atoms with Crippen LogP contribution in [0.25, 0.3) is 0 Å². The summed E-state index contributed by atoms with van der Waals surface area (Å²) < 4.78 is 5.10. The highest BCUT2D eigenvalue weighted by Gasteiger charge is 2.02. The van der Waals surface area contributed by atoms with Gasteiger partial charge in [0.25, 0.3) is 0 Å². The third kappa shape index (κ3) is 7.73. The van der Waals surface area contributed by atoms with Crippen LogP contribution in [0.4, 0.5) is 10.5 Å². The standard InChI is InChI=1S/C15H22ClNO2/c1-2-3-4-5-6-7-11-19-15(18)17-14-10-8-9-13(16)12-14/h8-10,12H,2-7,11H2,1H3,(H,17,18). The molecule has 1 N–H and O–H groups in total. The summed E-state index contributed by atoms with van der Waals surface area (Å²) in [5.41, 5.74) is 0.653. The van der Waals surface area contributed by atoms with Gasteiger partial charge in [-0.05, 0) is 24.6 Å². The molecule has 3 nitrogen and oxygen atoms in total. The predicted octanol–water partition coefficient (Wildman–Crippen LogP) is 5.25. The summed E-state index contributed by atoms with van der Waals surface area (Å²) in [6, 6.07) is 7.01. The van der Waals surface area contributed by atoms with E-state index in [0.29, 0.717) is 17.3 Å². The van der Waals surface area contributed by atoms with E-state index in [4.69, 9.17) is 16.3 Å². The lowest BCUT2D eigenvalue weighted by Crippen LogP contribution is -2.14. The fourth-order valence-corrected chi connectivity index (χ4v) is 1.96. The van der Waals surface area contributed by atoms with Crippen molar-refractivity contribution in [3.63, 3.8) is 0 Å². The highest BCUT2D eigenvalue weighted by atomic mass is 35.5. The highest BCUT2D eigenvalue weighted by molar-refractivity contribution is 6.30. The van der Waals surface area contributed by atoms with E-state index in [9.17, 15) is 4.79 Å². The minimum atomic E-state index is -0.421. The molecule has 0 aliphatic rings. The Bertz CT molecular complexity index is 382. The molecular formula is C15H22ClNO2. The number of carbonyl (C=O) groups is 1. The topological polar surface area (TPSA) is 38.3 Å². The molecule has 0 aliphatic carbocycles. The first kappa shape index (κ1) is 15.8. The summed E-state index contributed by atoms with van der Waals surface area (Å²) in [4.78, 5) is 11.5. The molecule has 0 aromatic heterocycles. The van der Waals surface area contributed by atoms with Crippen molar-refractivity contribution in [2.45, 2.75) is 45.4 Å². The van der Waals surface area contributed by atoms with Gasteiger partial charge in [0.2, 0.25) is 0 Å². The predicted molar refractivity (Wildman–Crippen MR) is 79.8 cm³/mol. The van der Waals surface area contributed by atoms with E-state index >= 15 is 0 Å². The van der Waals surface area contributed by atoms with E-state index in [1.807, 2.05) is 0 Å². The zero-order valence-corrected chi connectivity index (χ0v) is 12.2. The zero-order valence-electron chi connectivity index (χ0n) is 11.5. The molecule has 0 radical (unpaired) electrons. The minimum absolute atomic E-state index is 0.421. The molecule has 1 aromatic rings. The average molecular weight is 284 g/mol. The van der Waals surface area contributed by atoms with Gasteiger partial charge >= 0.3 is 6.09 Å². The van der Waals surface area contributed by atoms with Crippen molar-refractivity contribution in [2.75, 3.05) is 11.9 Å². The second-order valence-electron chi connectivity index (χ2n) is 4.54. The molecule has 1 amide bonds. The van der Waals surface area contributed by atoms with Crippen molar-refractivity contribution in [3.8, 4) is 0 Å². The molecule has 1 aromatic carbocycles. The van der Waals surface area contributed by atoms with Crippen LogP contribution in [-0.4, -0.2) is 12.7 Å². The van der Waals surface area contributed by atoms with E-state index < -0.39 is 6.09 Å². The first-order chi connectivity index (χ1) is 9.22.